The lowest BCUT2D eigenvalue weighted by Crippen LogP contribution is -2.17. The summed E-state index contributed by atoms with van der Waals surface area (Å²) in [5, 5.41) is 66.1. The standard InChI is InChI=1S/C26H31N.C24H26N4.2C23H24N4.C23H23N3O/c1-15-14-23(22-11-8-7-10-21(22)16(15)2)25-19(5)17(3)18(4)20(6)26(25)24-12-9-13-27-24;1-13-12-21(20-11-9-8-10-19(20)14(13)2)22-17(5)15(3)16(4)18(6)23(22)24-25-27-28(7)26-24;1-13-11-21(20-10-8-7-9-19(20)14(13)2)22-17(5)15(3)16(4)18(6)23(22)27-12-24-25-26-27;1-13-11-21(20-10-8-7-9-19(20)14(13)2)22-17(5)15(3)16(4)18(6)23(22)27-25-12-24-26-27;1-12-11-20(19-10-8-7-9-18(19)13(12)2)21-16(5)14(3)15(4)17(6)22(21)23-24-26-27-25-23/h7-8,10-11,14,24,27H,9,12-13H2,1-6H3;8-12H,1-7H3;2*7-12H,1-6H3;7-11H,1-6H3. The topological polar surface area (TPSA) is 195 Å². The van der Waals surface area contributed by atoms with Crippen molar-refractivity contribution in [3.05, 3.63) is 337 Å². The molecule has 0 aliphatic carbocycles. The van der Waals surface area contributed by atoms with Gasteiger partial charge in [-0.15, -0.1) is 30.3 Å². The van der Waals surface area contributed by atoms with Crippen molar-refractivity contribution >= 4 is 53.9 Å². The van der Waals surface area contributed by atoms with Gasteiger partial charge in [-0.05, 0) is 524 Å². The number of aromatic nitrogens is 15. The number of tetrazole rings is 3. The fraction of sp³-hybridized carbons (Fsp3) is 0.294. The van der Waals surface area contributed by atoms with Crippen LogP contribution in [-0.4, -0.2) is 82.7 Å². The molecular formula is C119H128N16O. The normalized spacial score (nSPS) is 12.5. The second-order valence-electron chi connectivity index (χ2n) is 38.2. The van der Waals surface area contributed by atoms with E-state index in [1.54, 1.807) is 15.8 Å². The van der Waals surface area contributed by atoms with Gasteiger partial charge in [-0.3, -0.25) is 0 Å². The second kappa shape index (κ2) is 38.3. The van der Waals surface area contributed by atoms with Crippen LogP contribution in [0.5, 0.6) is 0 Å². The molecule has 1 saturated heterocycles. The summed E-state index contributed by atoms with van der Waals surface area (Å²) in [7, 11) is 1.81. The molecule has 15 aromatic carbocycles. The number of aryl methyl sites for hydroxylation is 11. The molecule has 1 aliphatic heterocycles. The highest BCUT2D eigenvalue weighted by Gasteiger charge is 2.31. The summed E-state index contributed by atoms with van der Waals surface area (Å²) in [4.78, 5) is 3.19. The van der Waals surface area contributed by atoms with Gasteiger partial charge in [0.05, 0.1) is 23.7 Å². The highest BCUT2D eigenvalue weighted by atomic mass is 16.6. The molecule has 0 saturated carbocycles. The number of benzene rings is 15. The van der Waals surface area contributed by atoms with Crippen molar-refractivity contribution in [3.63, 3.8) is 0 Å². The Balaban J connectivity index is 0.000000123. The molecule has 1 unspecified atom stereocenters. The predicted octanol–water partition coefficient (Wildman–Crippen LogP) is 28.8. The third-order valence-electron chi connectivity index (χ3n) is 31.4. The monoisotopic (exact) mass is 1800 g/mol. The summed E-state index contributed by atoms with van der Waals surface area (Å²) in [6, 6.07) is 55.5. The smallest absolute Gasteiger partial charge is 0.227 e. The highest BCUT2D eigenvalue weighted by Crippen LogP contribution is 2.50. The minimum absolute atomic E-state index is 0.471. The van der Waals surface area contributed by atoms with Crippen molar-refractivity contribution in [2.24, 2.45) is 7.05 Å². The Kier molecular flexibility index (Phi) is 26.8. The maximum absolute atomic E-state index is 4.84. The third kappa shape index (κ3) is 16.8. The van der Waals surface area contributed by atoms with E-state index in [9.17, 15) is 0 Å². The number of fused-ring (bicyclic) bond motifs is 5. The first-order valence-corrected chi connectivity index (χ1v) is 47.5. The highest BCUT2D eigenvalue weighted by molar-refractivity contribution is 6.08. The summed E-state index contributed by atoms with van der Waals surface area (Å²) in [6.45, 7) is 67.2. The van der Waals surface area contributed by atoms with Crippen molar-refractivity contribution in [3.8, 4) is 89.8 Å². The van der Waals surface area contributed by atoms with Gasteiger partial charge in [0, 0.05) is 28.3 Å². The average Bonchev–Trinajstić information content (AvgIpc) is 1.13. The molecule has 5 heterocycles. The van der Waals surface area contributed by atoms with Gasteiger partial charge in [-0.1, -0.05) is 157 Å². The predicted molar refractivity (Wildman–Crippen MR) is 563 cm³/mol. The first kappa shape index (κ1) is 95.0. The molecule has 0 amide bonds. The second-order valence-corrected chi connectivity index (χ2v) is 38.2. The van der Waals surface area contributed by atoms with Crippen molar-refractivity contribution in [1.29, 1.82) is 0 Å². The Morgan fingerprint density at radius 3 is 0.956 bits per heavy atom. The molecule has 20 rings (SSSR count). The lowest BCUT2D eigenvalue weighted by molar-refractivity contribution is 0.293. The zero-order valence-electron chi connectivity index (χ0n) is 85.4. The maximum atomic E-state index is 4.84. The molecule has 17 heteroatoms. The largest absolute Gasteiger partial charge is 0.310 e. The molecule has 690 valence electrons. The maximum Gasteiger partial charge on any atom is 0.227 e. The van der Waals surface area contributed by atoms with Crippen molar-refractivity contribution in [2.45, 2.75) is 227 Å². The third-order valence-corrected chi connectivity index (χ3v) is 31.4. The minimum atomic E-state index is 0.471. The van der Waals surface area contributed by atoms with Crippen LogP contribution in [0.2, 0.25) is 0 Å². The van der Waals surface area contributed by atoms with Gasteiger partial charge in [-0.2, -0.15) is 9.48 Å². The van der Waals surface area contributed by atoms with E-state index in [1.807, 2.05) is 7.05 Å². The molecule has 17 nitrogen and oxygen atoms in total. The Bertz CT molecular complexity index is 7500. The summed E-state index contributed by atoms with van der Waals surface area (Å²) >= 11 is 0. The van der Waals surface area contributed by atoms with Gasteiger partial charge in [0.25, 0.3) is 0 Å². The van der Waals surface area contributed by atoms with Crippen LogP contribution in [0.15, 0.2) is 169 Å². The number of hydrogen-bond donors (Lipinski definition) is 1. The number of nitrogens with zero attached hydrogens (tertiary/aromatic N) is 15. The van der Waals surface area contributed by atoms with E-state index in [2.05, 4.69) is 427 Å². The molecular weight excluding hydrogens is 1670 g/mol. The van der Waals surface area contributed by atoms with Gasteiger partial charge < -0.3 is 5.32 Å². The van der Waals surface area contributed by atoms with Gasteiger partial charge in [0.15, 0.2) is 6.33 Å². The average molecular weight is 1800 g/mol. The van der Waals surface area contributed by atoms with E-state index in [4.69, 9.17) is 4.63 Å². The molecule has 0 spiro atoms. The Morgan fingerprint density at radius 1 is 0.301 bits per heavy atom. The lowest BCUT2D eigenvalue weighted by atomic mass is 9.80. The van der Waals surface area contributed by atoms with Crippen molar-refractivity contribution in [1.82, 2.24) is 81.5 Å². The molecule has 1 N–H and O–H groups in total. The summed E-state index contributed by atoms with van der Waals surface area (Å²) in [6.07, 6.45) is 5.68. The Morgan fingerprint density at radius 2 is 0.625 bits per heavy atom. The van der Waals surface area contributed by atoms with Crippen LogP contribution in [0, 0.1) is 208 Å². The van der Waals surface area contributed by atoms with Crippen LogP contribution >= 0.6 is 0 Å². The summed E-state index contributed by atoms with van der Waals surface area (Å²) < 4.78 is 6.64. The summed E-state index contributed by atoms with van der Waals surface area (Å²) in [5.74, 6) is 1.22. The van der Waals surface area contributed by atoms with Gasteiger partial charge >= 0.3 is 0 Å². The minimum Gasteiger partial charge on any atom is -0.310 e. The molecule has 4 aromatic heterocycles. The molecule has 1 atom stereocenters. The molecule has 1 fully saturated rings. The van der Waals surface area contributed by atoms with E-state index >= 15 is 0 Å². The Hall–Kier alpha value is -14.2. The van der Waals surface area contributed by atoms with Gasteiger partial charge in [0.1, 0.15) is 6.33 Å². The molecule has 136 heavy (non-hydrogen) atoms. The first-order chi connectivity index (χ1) is 65.0. The zero-order valence-corrected chi connectivity index (χ0v) is 85.4. The fourth-order valence-electron chi connectivity index (χ4n) is 21.2. The quantitative estimate of drug-likeness (QED) is 0.136. The van der Waals surface area contributed by atoms with Gasteiger partial charge in [0.2, 0.25) is 11.6 Å². The van der Waals surface area contributed by atoms with Crippen LogP contribution in [0.3, 0.4) is 0 Å². The number of rotatable bonds is 10. The Labute approximate surface area is 801 Å². The molecule has 1 aliphatic rings. The van der Waals surface area contributed by atoms with Crippen LogP contribution in [0.25, 0.3) is 144 Å². The molecule has 0 bridgehead atoms. The van der Waals surface area contributed by atoms with E-state index in [1.165, 1.54) is 300 Å². The SMILES string of the molecule is Cc1cc(-c2c(C)c(C)c(C)c(C)c2-c2nnn(C)n2)c2ccccc2c1C.Cc1cc(-c2c(C)c(C)c(C)c(C)c2-c2nnon2)c2ccccc2c1C.Cc1cc(-c2c(C)c(C)c(C)c(C)c2-n2cnnn2)c2ccccc2c1C.Cc1cc(-c2c(C)c(C)c(C)c(C)c2-n2ncnn2)c2ccccc2c1C.Cc1cc(-c2c(C)c(C)c(C)c(C)c2C2CCCN2)c2ccccc2c1C. The van der Waals surface area contributed by atoms with Gasteiger partial charge in [-0.25, -0.2) is 4.63 Å². The van der Waals surface area contributed by atoms with E-state index in [0.29, 0.717) is 17.7 Å². The summed E-state index contributed by atoms with van der Waals surface area (Å²) in [5.41, 5.74) is 57.5. The fourth-order valence-corrected chi connectivity index (χ4v) is 21.2. The van der Waals surface area contributed by atoms with Crippen LogP contribution < -0.4 is 5.32 Å². The number of nitrogens with one attached hydrogen (secondary N) is 1. The zero-order chi connectivity index (χ0) is 97.3. The van der Waals surface area contributed by atoms with Crippen LogP contribution in [0.4, 0.5) is 0 Å². The number of hydrogen-bond acceptors (Lipinski definition) is 14. The van der Waals surface area contributed by atoms with E-state index in [0.717, 1.165) is 34.6 Å². The van der Waals surface area contributed by atoms with Crippen LogP contribution in [-0.2, 0) is 7.05 Å². The molecule has 0 radical (unpaired) electrons. The molecule has 19 aromatic rings. The van der Waals surface area contributed by atoms with Crippen molar-refractivity contribution in [2.75, 3.05) is 6.54 Å². The van der Waals surface area contributed by atoms with Crippen LogP contribution in [0.1, 0.15) is 191 Å². The first-order valence-electron chi connectivity index (χ1n) is 47.5. The van der Waals surface area contributed by atoms with E-state index in [-0.39, 0.29) is 0 Å². The van der Waals surface area contributed by atoms with E-state index < -0.39 is 0 Å². The lowest BCUT2D eigenvalue weighted by Gasteiger charge is -2.26. The van der Waals surface area contributed by atoms with Crippen molar-refractivity contribution < 1.29 is 4.63 Å².